The van der Waals surface area contributed by atoms with E-state index in [4.69, 9.17) is 0 Å². The van der Waals surface area contributed by atoms with Gasteiger partial charge in [0, 0.05) is 12.8 Å². The van der Waals surface area contributed by atoms with E-state index in [2.05, 4.69) is 5.32 Å². The molecule has 1 aromatic rings. The maximum atomic E-state index is 13.0. The molecule has 0 spiro atoms. The molecule has 1 rings (SSSR count). The van der Waals surface area contributed by atoms with Gasteiger partial charge in [0.25, 0.3) is 0 Å². The zero-order valence-corrected chi connectivity index (χ0v) is 8.94. The summed E-state index contributed by atoms with van der Waals surface area (Å²) in [6.45, 7) is 0.0548. The van der Waals surface area contributed by atoms with Crippen LogP contribution >= 0.6 is 0 Å². The van der Waals surface area contributed by atoms with E-state index in [1.165, 1.54) is 0 Å². The monoisotopic (exact) mass is 235 g/mol. The molecule has 0 aliphatic rings. The highest BCUT2D eigenvalue weighted by Crippen LogP contribution is 2.14. The van der Waals surface area contributed by atoms with Crippen molar-refractivity contribution in [3.8, 4) is 0 Å². The second kappa shape index (κ2) is 4.57. The first kappa shape index (κ1) is 11.9. The number of hydrogen-bond donors (Lipinski definition) is 1. The van der Waals surface area contributed by atoms with Crippen LogP contribution in [-0.2, 0) is 9.84 Å². The molecule has 3 nitrogen and oxygen atoms in total. The third kappa shape index (κ3) is 4.24. The number of sulfone groups is 1. The first-order valence-electron chi connectivity index (χ1n) is 4.25. The van der Waals surface area contributed by atoms with Gasteiger partial charge < -0.3 is 5.32 Å². The summed E-state index contributed by atoms with van der Waals surface area (Å²) in [4.78, 5) is 0. The SMILES string of the molecule is CS(=O)(=O)CCNc1cc(F)ccc1F. The lowest BCUT2D eigenvalue weighted by atomic mass is 10.3. The van der Waals surface area contributed by atoms with Crippen molar-refractivity contribution in [2.45, 2.75) is 0 Å². The Balaban J connectivity index is 2.61. The summed E-state index contributed by atoms with van der Waals surface area (Å²) in [5.41, 5.74) is -0.0290. The minimum atomic E-state index is -3.10. The Bertz CT molecular complexity index is 445. The average Bonchev–Trinajstić information content (AvgIpc) is 2.09. The summed E-state index contributed by atoms with van der Waals surface area (Å²) in [6, 6.07) is 2.97. The van der Waals surface area contributed by atoms with Crippen LogP contribution in [0.5, 0.6) is 0 Å². The summed E-state index contributed by atoms with van der Waals surface area (Å²) in [7, 11) is -3.10. The zero-order valence-electron chi connectivity index (χ0n) is 8.13. The summed E-state index contributed by atoms with van der Waals surface area (Å²) in [6.07, 6.45) is 1.08. The molecular formula is C9H11F2NO2S. The van der Waals surface area contributed by atoms with Gasteiger partial charge in [0.2, 0.25) is 0 Å². The van der Waals surface area contributed by atoms with E-state index >= 15 is 0 Å². The maximum Gasteiger partial charge on any atom is 0.149 e. The standard InChI is InChI=1S/C9H11F2NO2S/c1-15(13,14)5-4-12-9-6-7(10)2-3-8(9)11/h2-3,6,12H,4-5H2,1H3. The molecule has 0 aliphatic heterocycles. The van der Waals surface area contributed by atoms with Gasteiger partial charge in [0.05, 0.1) is 11.4 Å². The Morgan fingerprint density at radius 3 is 2.60 bits per heavy atom. The van der Waals surface area contributed by atoms with Crippen LogP contribution in [-0.4, -0.2) is 27.0 Å². The van der Waals surface area contributed by atoms with E-state index in [-0.39, 0.29) is 18.0 Å². The average molecular weight is 235 g/mol. The summed E-state index contributed by atoms with van der Waals surface area (Å²) < 4.78 is 47.2. The number of hydrogen-bond acceptors (Lipinski definition) is 3. The fraction of sp³-hybridized carbons (Fsp3) is 0.333. The van der Waals surface area contributed by atoms with Crippen LogP contribution < -0.4 is 5.32 Å². The van der Waals surface area contributed by atoms with Crippen LogP contribution in [0.3, 0.4) is 0 Å². The molecule has 0 bridgehead atoms. The van der Waals surface area contributed by atoms with E-state index in [0.717, 1.165) is 24.5 Å². The van der Waals surface area contributed by atoms with Gasteiger partial charge in [-0.1, -0.05) is 0 Å². The normalized spacial score (nSPS) is 11.4. The molecule has 0 aromatic heterocycles. The van der Waals surface area contributed by atoms with E-state index in [0.29, 0.717) is 0 Å². The van der Waals surface area contributed by atoms with Crippen molar-refractivity contribution in [2.24, 2.45) is 0 Å². The Morgan fingerprint density at radius 2 is 2.00 bits per heavy atom. The second-order valence-corrected chi connectivity index (χ2v) is 5.44. The molecule has 0 atom stereocenters. The molecule has 0 saturated heterocycles. The van der Waals surface area contributed by atoms with Crippen molar-refractivity contribution in [2.75, 3.05) is 23.9 Å². The molecular weight excluding hydrogens is 224 g/mol. The van der Waals surface area contributed by atoms with Gasteiger partial charge in [0.15, 0.2) is 0 Å². The Hall–Kier alpha value is -1.17. The highest BCUT2D eigenvalue weighted by atomic mass is 32.2. The van der Waals surface area contributed by atoms with Crippen molar-refractivity contribution in [1.82, 2.24) is 0 Å². The third-order valence-electron chi connectivity index (χ3n) is 1.72. The summed E-state index contributed by atoms with van der Waals surface area (Å²) in [5.74, 6) is -1.30. The fourth-order valence-corrected chi connectivity index (χ4v) is 1.48. The predicted molar refractivity (Wildman–Crippen MR) is 54.6 cm³/mol. The van der Waals surface area contributed by atoms with E-state index in [9.17, 15) is 17.2 Å². The van der Waals surface area contributed by atoms with Gasteiger partial charge in [-0.25, -0.2) is 17.2 Å². The number of halogens is 2. The van der Waals surface area contributed by atoms with Gasteiger partial charge >= 0.3 is 0 Å². The molecule has 1 aromatic carbocycles. The predicted octanol–water partition coefficient (Wildman–Crippen LogP) is 1.42. The molecule has 0 fully saturated rings. The van der Waals surface area contributed by atoms with Gasteiger partial charge in [-0.3, -0.25) is 0 Å². The zero-order chi connectivity index (χ0) is 11.5. The van der Waals surface area contributed by atoms with Crippen molar-refractivity contribution >= 4 is 15.5 Å². The molecule has 0 aliphatic carbocycles. The number of benzene rings is 1. The first-order valence-corrected chi connectivity index (χ1v) is 6.31. The Kier molecular flexibility index (Phi) is 3.62. The van der Waals surface area contributed by atoms with Crippen molar-refractivity contribution in [1.29, 1.82) is 0 Å². The molecule has 6 heteroatoms. The van der Waals surface area contributed by atoms with Crippen molar-refractivity contribution in [3.63, 3.8) is 0 Å². The van der Waals surface area contributed by atoms with Gasteiger partial charge in [0.1, 0.15) is 21.5 Å². The molecule has 0 amide bonds. The lowest BCUT2D eigenvalue weighted by molar-refractivity contribution is 0.599. The number of rotatable bonds is 4. The Labute approximate surface area is 87.0 Å². The van der Waals surface area contributed by atoms with E-state index in [1.807, 2.05) is 0 Å². The van der Waals surface area contributed by atoms with Crippen LogP contribution in [0.15, 0.2) is 18.2 Å². The van der Waals surface area contributed by atoms with E-state index < -0.39 is 21.5 Å². The minimum Gasteiger partial charge on any atom is -0.382 e. The molecule has 0 heterocycles. The number of anilines is 1. The van der Waals surface area contributed by atoms with Crippen molar-refractivity contribution < 1.29 is 17.2 Å². The van der Waals surface area contributed by atoms with Crippen LogP contribution in [0.25, 0.3) is 0 Å². The first-order chi connectivity index (χ1) is 6.88. The smallest absolute Gasteiger partial charge is 0.149 e. The highest BCUT2D eigenvalue weighted by Gasteiger charge is 2.05. The van der Waals surface area contributed by atoms with Crippen LogP contribution in [0.4, 0.5) is 14.5 Å². The lowest BCUT2D eigenvalue weighted by Gasteiger charge is -2.06. The van der Waals surface area contributed by atoms with Gasteiger partial charge in [-0.05, 0) is 18.2 Å². The molecule has 0 radical (unpaired) electrons. The maximum absolute atomic E-state index is 13.0. The van der Waals surface area contributed by atoms with E-state index in [1.54, 1.807) is 0 Å². The van der Waals surface area contributed by atoms with Crippen LogP contribution in [0.1, 0.15) is 0 Å². The quantitative estimate of drug-likeness (QED) is 0.858. The summed E-state index contributed by atoms with van der Waals surface area (Å²) >= 11 is 0. The fourth-order valence-electron chi connectivity index (χ4n) is 1.00. The molecule has 84 valence electrons. The van der Waals surface area contributed by atoms with Gasteiger partial charge in [-0.15, -0.1) is 0 Å². The lowest BCUT2D eigenvalue weighted by Crippen LogP contribution is -2.14. The summed E-state index contributed by atoms with van der Waals surface area (Å²) in [5, 5.41) is 2.52. The number of nitrogens with one attached hydrogen (secondary N) is 1. The topological polar surface area (TPSA) is 46.2 Å². The molecule has 15 heavy (non-hydrogen) atoms. The van der Waals surface area contributed by atoms with Crippen molar-refractivity contribution in [3.05, 3.63) is 29.8 Å². The second-order valence-electron chi connectivity index (χ2n) is 3.18. The molecule has 1 N–H and O–H groups in total. The van der Waals surface area contributed by atoms with Gasteiger partial charge in [-0.2, -0.15) is 0 Å². The largest absolute Gasteiger partial charge is 0.382 e. The molecule has 0 unspecified atom stereocenters. The van der Waals surface area contributed by atoms with Crippen LogP contribution in [0, 0.1) is 11.6 Å². The minimum absolute atomic E-state index is 0.0290. The highest BCUT2D eigenvalue weighted by molar-refractivity contribution is 7.90. The molecule has 0 saturated carbocycles. The Morgan fingerprint density at radius 1 is 1.33 bits per heavy atom. The van der Waals surface area contributed by atoms with Crippen LogP contribution in [0.2, 0.25) is 0 Å². The third-order valence-corrected chi connectivity index (χ3v) is 2.66.